The van der Waals surface area contributed by atoms with Gasteiger partial charge in [0, 0.05) is 31.7 Å². The topological polar surface area (TPSA) is 68.5 Å². The summed E-state index contributed by atoms with van der Waals surface area (Å²) in [6.07, 6.45) is -0.558. The van der Waals surface area contributed by atoms with Crippen LogP contribution in [-0.4, -0.2) is 54.4 Å². The molecular weight excluding hydrogens is 290 g/mol. The molecule has 2 N–H and O–H groups in total. The summed E-state index contributed by atoms with van der Waals surface area (Å²) in [6, 6.07) is 9.97. The van der Waals surface area contributed by atoms with Gasteiger partial charge in [-0.15, -0.1) is 0 Å². The second-order valence-electron chi connectivity index (χ2n) is 6.23. The molecule has 1 aromatic carbocycles. The highest BCUT2D eigenvalue weighted by Gasteiger charge is 2.12. The fourth-order valence-electron chi connectivity index (χ4n) is 2.47. The molecule has 128 valence electrons. The fourth-order valence-corrected chi connectivity index (χ4v) is 2.47. The van der Waals surface area contributed by atoms with Gasteiger partial charge in [0.2, 0.25) is 0 Å². The van der Waals surface area contributed by atoms with Crippen LogP contribution in [0.2, 0.25) is 0 Å². The molecule has 0 radical (unpaired) electrons. The Balaban J connectivity index is 2.21. The Kier molecular flexibility index (Phi) is 8.64. The van der Waals surface area contributed by atoms with Crippen LogP contribution in [0.15, 0.2) is 24.3 Å². The van der Waals surface area contributed by atoms with E-state index in [0.717, 1.165) is 13.1 Å². The summed E-state index contributed by atoms with van der Waals surface area (Å²) in [4.78, 5) is 2.41. The van der Waals surface area contributed by atoms with Gasteiger partial charge in [0.15, 0.2) is 0 Å². The first-order chi connectivity index (χ1) is 10.9. The number of aliphatic hydroxyl groups excluding tert-OH is 1. The van der Waals surface area contributed by atoms with E-state index in [1.54, 1.807) is 24.3 Å². The molecule has 0 fully saturated rings. The minimum Gasteiger partial charge on any atom is -0.491 e. The van der Waals surface area contributed by atoms with E-state index in [4.69, 9.17) is 10.00 Å². The van der Waals surface area contributed by atoms with Gasteiger partial charge in [0.1, 0.15) is 18.5 Å². The van der Waals surface area contributed by atoms with Gasteiger partial charge in [0.05, 0.1) is 11.6 Å². The molecule has 5 nitrogen and oxygen atoms in total. The smallest absolute Gasteiger partial charge is 0.119 e. The van der Waals surface area contributed by atoms with Crippen molar-refractivity contribution in [2.75, 3.05) is 26.2 Å². The van der Waals surface area contributed by atoms with Crippen LogP contribution >= 0.6 is 0 Å². The second kappa shape index (κ2) is 10.2. The Bertz CT molecular complexity index is 472. The van der Waals surface area contributed by atoms with E-state index in [-0.39, 0.29) is 6.61 Å². The van der Waals surface area contributed by atoms with Gasteiger partial charge >= 0.3 is 0 Å². The predicted molar refractivity (Wildman–Crippen MR) is 92.5 cm³/mol. The summed E-state index contributed by atoms with van der Waals surface area (Å²) in [5.74, 6) is 0.661. The fraction of sp³-hybridized carbons (Fsp3) is 0.611. The number of nitrogens with one attached hydrogen (secondary N) is 1. The number of hydrogen-bond acceptors (Lipinski definition) is 5. The lowest BCUT2D eigenvalue weighted by molar-refractivity contribution is 0.104. The van der Waals surface area contributed by atoms with Crippen molar-refractivity contribution in [2.24, 2.45) is 0 Å². The molecule has 1 aromatic rings. The highest BCUT2D eigenvalue weighted by Crippen LogP contribution is 2.11. The highest BCUT2D eigenvalue weighted by molar-refractivity contribution is 5.34. The number of ether oxygens (including phenoxy) is 1. The Morgan fingerprint density at radius 3 is 2.30 bits per heavy atom. The van der Waals surface area contributed by atoms with E-state index < -0.39 is 6.10 Å². The third-order valence-electron chi connectivity index (χ3n) is 3.68. The maximum absolute atomic E-state index is 9.94. The van der Waals surface area contributed by atoms with E-state index >= 15 is 0 Å². The number of nitriles is 1. The summed E-state index contributed by atoms with van der Waals surface area (Å²) < 4.78 is 5.51. The minimum atomic E-state index is -0.558. The third-order valence-corrected chi connectivity index (χ3v) is 3.68. The Hall–Kier alpha value is -1.61. The molecule has 1 atom stereocenters. The molecule has 1 rings (SSSR count). The van der Waals surface area contributed by atoms with Crippen LogP contribution in [0.25, 0.3) is 0 Å². The lowest BCUT2D eigenvalue weighted by atomic mass is 10.2. The lowest BCUT2D eigenvalue weighted by Gasteiger charge is -2.30. The molecule has 0 saturated heterocycles. The van der Waals surface area contributed by atoms with Crippen LogP contribution in [0.4, 0.5) is 0 Å². The molecule has 0 heterocycles. The van der Waals surface area contributed by atoms with E-state index in [0.29, 0.717) is 29.9 Å². The van der Waals surface area contributed by atoms with Crippen molar-refractivity contribution < 1.29 is 9.84 Å². The van der Waals surface area contributed by atoms with E-state index in [1.807, 2.05) is 0 Å². The molecule has 0 amide bonds. The summed E-state index contributed by atoms with van der Waals surface area (Å²) >= 11 is 0. The molecule has 0 aromatic heterocycles. The van der Waals surface area contributed by atoms with Gasteiger partial charge in [-0.2, -0.15) is 5.26 Å². The molecule has 0 bridgehead atoms. The number of hydrogen-bond donors (Lipinski definition) is 2. The molecule has 0 saturated carbocycles. The molecule has 23 heavy (non-hydrogen) atoms. The van der Waals surface area contributed by atoms with Gasteiger partial charge in [0.25, 0.3) is 0 Å². The van der Waals surface area contributed by atoms with Gasteiger partial charge in [-0.25, -0.2) is 0 Å². The van der Waals surface area contributed by atoms with Crippen molar-refractivity contribution in [1.82, 2.24) is 10.2 Å². The molecule has 0 aliphatic carbocycles. The summed E-state index contributed by atoms with van der Waals surface area (Å²) in [5, 5.41) is 21.9. The van der Waals surface area contributed by atoms with Gasteiger partial charge < -0.3 is 15.2 Å². The monoisotopic (exact) mass is 319 g/mol. The highest BCUT2D eigenvalue weighted by atomic mass is 16.5. The molecule has 0 spiro atoms. The number of nitrogens with zero attached hydrogens (tertiary/aromatic N) is 2. The first-order valence-electron chi connectivity index (χ1n) is 8.21. The summed E-state index contributed by atoms with van der Waals surface area (Å²) in [5.41, 5.74) is 0.597. The predicted octanol–water partition coefficient (Wildman–Crippen LogP) is 2.01. The Labute approximate surface area is 139 Å². The maximum Gasteiger partial charge on any atom is 0.119 e. The third kappa shape index (κ3) is 7.47. The SMILES string of the molecule is CC(C)N(CCNC[C@@H](O)COc1ccc(C#N)cc1)C(C)C. The Morgan fingerprint density at radius 1 is 1.17 bits per heavy atom. The summed E-state index contributed by atoms with van der Waals surface area (Å²) in [6.45, 7) is 11.3. The molecule has 0 aliphatic heterocycles. The van der Waals surface area contributed by atoms with Crippen molar-refractivity contribution >= 4 is 0 Å². The van der Waals surface area contributed by atoms with Crippen LogP contribution in [0.3, 0.4) is 0 Å². The van der Waals surface area contributed by atoms with Crippen LogP contribution in [0, 0.1) is 11.3 Å². The zero-order valence-electron chi connectivity index (χ0n) is 14.6. The van der Waals surface area contributed by atoms with Crippen LogP contribution < -0.4 is 10.1 Å². The van der Waals surface area contributed by atoms with E-state index in [9.17, 15) is 5.11 Å². The van der Waals surface area contributed by atoms with Crippen molar-refractivity contribution in [3.63, 3.8) is 0 Å². The number of benzene rings is 1. The molecular formula is C18H29N3O2. The van der Waals surface area contributed by atoms with Gasteiger partial charge in [-0.3, -0.25) is 4.90 Å². The van der Waals surface area contributed by atoms with Crippen molar-refractivity contribution in [3.8, 4) is 11.8 Å². The van der Waals surface area contributed by atoms with Gasteiger partial charge in [-0.05, 0) is 52.0 Å². The normalized spacial score (nSPS) is 12.7. The lowest BCUT2D eigenvalue weighted by Crippen LogP contribution is -2.43. The maximum atomic E-state index is 9.94. The average molecular weight is 319 g/mol. The largest absolute Gasteiger partial charge is 0.491 e. The van der Waals surface area contributed by atoms with E-state index in [2.05, 4.69) is 44.0 Å². The van der Waals surface area contributed by atoms with Crippen molar-refractivity contribution in [1.29, 1.82) is 5.26 Å². The van der Waals surface area contributed by atoms with Crippen LogP contribution in [-0.2, 0) is 0 Å². The quantitative estimate of drug-likeness (QED) is 0.646. The van der Waals surface area contributed by atoms with Crippen molar-refractivity contribution in [3.05, 3.63) is 29.8 Å². The van der Waals surface area contributed by atoms with Gasteiger partial charge in [-0.1, -0.05) is 0 Å². The number of rotatable bonds is 10. The Morgan fingerprint density at radius 2 is 1.78 bits per heavy atom. The van der Waals surface area contributed by atoms with Crippen LogP contribution in [0.5, 0.6) is 5.75 Å². The first-order valence-corrected chi connectivity index (χ1v) is 8.21. The zero-order valence-corrected chi connectivity index (χ0v) is 14.6. The number of aliphatic hydroxyl groups is 1. The first kappa shape index (κ1) is 19.4. The average Bonchev–Trinajstić information content (AvgIpc) is 2.52. The summed E-state index contributed by atoms with van der Waals surface area (Å²) in [7, 11) is 0. The minimum absolute atomic E-state index is 0.233. The zero-order chi connectivity index (χ0) is 17.2. The standard InChI is InChI=1S/C18H29N3O2/c1-14(2)21(15(3)4)10-9-20-12-17(22)13-23-18-7-5-16(11-19)6-8-18/h5-8,14-15,17,20,22H,9-10,12-13H2,1-4H3/t17-/m1/s1. The van der Waals surface area contributed by atoms with Crippen LogP contribution in [0.1, 0.15) is 33.3 Å². The second-order valence-corrected chi connectivity index (χ2v) is 6.23. The molecule has 5 heteroatoms. The van der Waals surface area contributed by atoms with E-state index in [1.165, 1.54) is 0 Å². The van der Waals surface area contributed by atoms with Crippen molar-refractivity contribution in [2.45, 2.75) is 45.9 Å². The molecule has 0 unspecified atom stereocenters. The molecule has 0 aliphatic rings.